The Bertz CT molecular complexity index is 713. The number of nitrogens with one attached hydrogen (secondary N) is 2. The van der Waals surface area contributed by atoms with Gasteiger partial charge in [0.05, 0.1) is 12.1 Å². The molecular weight excluding hydrogens is 330 g/mol. The molecular formula is C17H22ClN3O3. The first-order chi connectivity index (χ1) is 11.0. The van der Waals surface area contributed by atoms with Crippen molar-refractivity contribution in [3.8, 4) is 0 Å². The fourth-order valence-electron chi connectivity index (χ4n) is 2.15. The van der Waals surface area contributed by atoms with Gasteiger partial charge in [-0.25, -0.2) is 0 Å². The summed E-state index contributed by atoms with van der Waals surface area (Å²) in [7, 11) is 0. The molecule has 1 aromatic heterocycles. The summed E-state index contributed by atoms with van der Waals surface area (Å²) in [6.07, 6.45) is 2.62. The van der Waals surface area contributed by atoms with Crippen LogP contribution in [-0.2, 0) is 11.3 Å². The van der Waals surface area contributed by atoms with Crippen molar-refractivity contribution in [3.05, 3.63) is 47.4 Å². The molecule has 0 radical (unpaired) electrons. The molecule has 1 aromatic carbocycles. The van der Waals surface area contributed by atoms with Crippen LogP contribution in [0.2, 0.25) is 0 Å². The third kappa shape index (κ3) is 4.84. The van der Waals surface area contributed by atoms with Crippen LogP contribution in [0.5, 0.6) is 0 Å². The maximum atomic E-state index is 12.2. The molecule has 0 saturated carbocycles. The third-order valence-electron chi connectivity index (χ3n) is 3.45. The Morgan fingerprint density at radius 1 is 1.21 bits per heavy atom. The zero-order valence-corrected chi connectivity index (χ0v) is 14.5. The molecule has 0 spiro atoms. The first kappa shape index (κ1) is 19.7. The molecule has 7 heteroatoms. The number of rotatable bonds is 6. The summed E-state index contributed by atoms with van der Waals surface area (Å²) in [5, 5.41) is 5.67. The zero-order chi connectivity index (χ0) is 16.8. The molecule has 0 unspecified atom stereocenters. The molecule has 0 saturated heterocycles. The Morgan fingerprint density at radius 2 is 1.88 bits per heavy atom. The number of carbonyl (C=O) groups is 2. The van der Waals surface area contributed by atoms with E-state index in [1.165, 1.54) is 6.26 Å². The van der Waals surface area contributed by atoms with Gasteiger partial charge in [0.25, 0.3) is 5.91 Å². The molecule has 24 heavy (non-hydrogen) atoms. The largest absolute Gasteiger partial charge is 0.467 e. The molecule has 4 N–H and O–H groups in total. The highest BCUT2D eigenvalue weighted by atomic mass is 35.5. The van der Waals surface area contributed by atoms with Crippen molar-refractivity contribution in [1.29, 1.82) is 0 Å². The summed E-state index contributed by atoms with van der Waals surface area (Å²) < 4.78 is 5.16. The number of hydrogen-bond acceptors (Lipinski definition) is 4. The van der Waals surface area contributed by atoms with Gasteiger partial charge in [0.15, 0.2) is 0 Å². The predicted molar refractivity (Wildman–Crippen MR) is 96.5 cm³/mol. The van der Waals surface area contributed by atoms with Crippen LogP contribution < -0.4 is 16.4 Å². The topological polar surface area (TPSA) is 97.4 Å². The molecule has 2 rings (SSSR count). The summed E-state index contributed by atoms with van der Waals surface area (Å²) in [4.78, 5) is 24.0. The van der Waals surface area contributed by atoms with Gasteiger partial charge in [0.1, 0.15) is 12.0 Å². The average Bonchev–Trinajstić information content (AvgIpc) is 3.00. The highest BCUT2D eigenvalue weighted by Gasteiger charge is 2.13. The van der Waals surface area contributed by atoms with E-state index in [1.807, 2.05) is 19.9 Å². The van der Waals surface area contributed by atoms with Gasteiger partial charge in [-0.3, -0.25) is 9.59 Å². The van der Waals surface area contributed by atoms with Crippen molar-refractivity contribution in [3.63, 3.8) is 0 Å². The summed E-state index contributed by atoms with van der Waals surface area (Å²) in [6.45, 7) is 4.03. The van der Waals surface area contributed by atoms with Gasteiger partial charge in [-0.05, 0) is 37.1 Å². The van der Waals surface area contributed by atoms with Crippen molar-refractivity contribution >= 4 is 35.6 Å². The minimum atomic E-state index is -0.284. The van der Waals surface area contributed by atoms with Crippen molar-refractivity contribution in [1.82, 2.24) is 0 Å². The van der Waals surface area contributed by atoms with Crippen molar-refractivity contribution < 1.29 is 14.0 Å². The second kappa shape index (κ2) is 9.10. The number of amides is 2. The van der Waals surface area contributed by atoms with E-state index >= 15 is 0 Å². The summed E-state index contributed by atoms with van der Waals surface area (Å²) in [6, 6.07) is 6.98. The maximum Gasteiger partial charge on any atom is 0.258 e. The van der Waals surface area contributed by atoms with Crippen molar-refractivity contribution in [2.45, 2.75) is 33.2 Å². The molecule has 0 aliphatic rings. The minimum Gasteiger partial charge on any atom is -0.467 e. The van der Waals surface area contributed by atoms with Crippen LogP contribution in [0.4, 0.5) is 11.4 Å². The SMILES string of the molecule is CCCC(=O)Nc1cccc(NC(=O)c2coc(CN)c2)c1C.Cl. The van der Waals surface area contributed by atoms with E-state index < -0.39 is 0 Å². The van der Waals surface area contributed by atoms with E-state index in [4.69, 9.17) is 10.2 Å². The van der Waals surface area contributed by atoms with Gasteiger partial charge in [-0.1, -0.05) is 13.0 Å². The standard InChI is InChI=1S/C17H21N3O3.ClH/c1-3-5-16(21)19-14-6-4-7-15(11(14)2)20-17(22)12-8-13(9-18)23-10-12;/h4,6-8,10H,3,5,9,18H2,1-2H3,(H,19,21)(H,20,22);1H. The number of anilines is 2. The van der Waals surface area contributed by atoms with E-state index in [0.29, 0.717) is 29.1 Å². The van der Waals surface area contributed by atoms with E-state index in [1.54, 1.807) is 18.2 Å². The summed E-state index contributed by atoms with van der Waals surface area (Å²) >= 11 is 0. The first-order valence-electron chi connectivity index (χ1n) is 7.53. The number of halogens is 1. The summed E-state index contributed by atoms with van der Waals surface area (Å²) in [5.74, 6) is 0.225. The molecule has 1 heterocycles. The number of nitrogens with two attached hydrogens (primary N) is 1. The third-order valence-corrected chi connectivity index (χ3v) is 3.45. The number of furan rings is 1. The zero-order valence-electron chi connectivity index (χ0n) is 13.7. The van der Waals surface area contributed by atoms with Crippen LogP contribution in [0, 0.1) is 6.92 Å². The van der Waals surface area contributed by atoms with Crippen LogP contribution in [-0.4, -0.2) is 11.8 Å². The second-order valence-corrected chi connectivity index (χ2v) is 5.24. The quantitative estimate of drug-likeness (QED) is 0.742. The molecule has 0 aliphatic carbocycles. The smallest absolute Gasteiger partial charge is 0.258 e. The first-order valence-corrected chi connectivity index (χ1v) is 7.53. The lowest BCUT2D eigenvalue weighted by Crippen LogP contribution is -2.15. The van der Waals surface area contributed by atoms with Crippen LogP contribution in [0.15, 0.2) is 34.9 Å². The van der Waals surface area contributed by atoms with Crippen LogP contribution >= 0.6 is 12.4 Å². The molecule has 0 bridgehead atoms. The fourth-order valence-corrected chi connectivity index (χ4v) is 2.15. The molecule has 2 amide bonds. The monoisotopic (exact) mass is 351 g/mol. The van der Waals surface area contributed by atoms with E-state index in [-0.39, 0.29) is 30.8 Å². The normalized spacial score (nSPS) is 9.96. The van der Waals surface area contributed by atoms with Crippen molar-refractivity contribution in [2.75, 3.05) is 10.6 Å². The number of hydrogen-bond donors (Lipinski definition) is 3. The molecule has 0 atom stereocenters. The van der Waals surface area contributed by atoms with Gasteiger partial charge < -0.3 is 20.8 Å². The lowest BCUT2D eigenvalue weighted by molar-refractivity contribution is -0.116. The maximum absolute atomic E-state index is 12.2. The summed E-state index contributed by atoms with van der Waals surface area (Å²) in [5.41, 5.74) is 8.00. The molecule has 6 nitrogen and oxygen atoms in total. The van der Waals surface area contributed by atoms with E-state index in [2.05, 4.69) is 10.6 Å². The Hall–Kier alpha value is -2.31. The predicted octanol–water partition coefficient (Wildman–Crippen LogP) is 3.46. The Balaban J connectivity index is 0.00000288. The van der Waals surface area contributed by atoms with Gasteiger partial charge >= 0.3 is 0 Å². The molecule has 130 valence electrons. The highest BCUT2D eigenvalue weighted by Crippen LogP contribution is 2.24. The molecule has 0 aliphatic heterocycles. The van der Waals surface area contributed by atoms with Gasteiger partial charge in [-0.2, -0.15) is 0 Å². The molecule has 0 fully saturated rings. The van der Waals surface area contributed by atoms with Crippen LogP contribution in [0.25, 0.3) is 0 Å². The van der Waals surface area contributed by atoms with Crippen LogP contribution in [0.1, 0.15) is 41.4 Å². The van der Waals surface area contributed by atoms with Crippen molar-refractivity contribution in [2.24, 2.45) is 5.73 Å². The fraction of sp³-hybridized carbons (Fsp3) is 0.294. The van der Waals surface area contributed by atoms with Gasteiger partial charge in [0, 0.05) is 17.8 Å². The number of benzene rings is 1. The van der Waals surface area contributed by atoms with E-state index in [0.717, 1.165) is 12.0 Å². The van der Waals surface area contributed by atoms with E-state index in [9.17, 15) is 9.59 Å². The number of carbonyl (C=O) groups excluding carboxylic acids is 2. The lowest BCUT2D eigenvalue weighted by Gasteiger charge is -2.13. The van der Waals surface area contributed by atoms with Gasteiger partial charge in [0.2, 0.25) is 5.91 Å². The second-order valence-electron chi connectivity index (χ2n) is 5.24. The van der Waals surface area contributed by atoms with Gasteiger partial charge in [-0.15, -0.1) is 12.4 Å². The average molecular weight is 352 g/mol. The molecule has 2 aromatic rings. The Morgan fingerprint density at radius 3 is 2.46 bits per heavy atom. The lowest BCUT2D eigenvalue weighted by atomic mass is 10.1. The Labute approximate surface area is 147 Å². The highest BCUT2D eigenvalue weighted by molar-refractivity contribution is 6.05. The minimum absolute atomic E-state index is 0. The van der Waals surface area contributed by atoms with Crippen LogP contribution in [0.3, 0.4) is 0 Å². The Kier molecular flexibility index (Phi) is 7.48.